The van der Waals surface area contributed by atoms with Gasteiger partial charge in [0.15, 0.2) is 11.5 Å². The normalized spacial score (nSPS) is 11.5. The number of amides is 1. The van der Waals surface area contributed by atoms with E-state index in [1.165, 1.54) is 0 Å². The Morgan fingerprint density at radius 1 is 1.00 bits per heavy atom. The summed E-state index contributed by atoms with van der Waals surface area (Å²) in [7, 11) is 4.66. The summed E-state index contributed by atoms with van der Waals surface area (Å²) in [6.07, 6.45) is 0.230. The van der Waals surface area contributed by atoms with Crippen molar-refractivity contribution < 1.29 is 19.0 Å². The van der Waals surface area contributed by atoms with E-state index in [-0.39, 0.29) is 18.4 Å². The first-order chi connectivity index (χ1) is 11.6. The van der Waals surface area contributed by atoms with Crippen LogP contribution in [0.2, 0.25) is 0 Å². The highest BCUT2D eigenvalue weighted by Crippen LogP contribution is 2.38. The molecule has 0 aliphatic rings. The molecule has 128 valence electrons. The molecular formula is C19H23NO4. The molecule has 1 amide bonds. The molecule has 2 rings (SSSR count). The zero-order chi connectivity index (χ0) is 17.5. The van der Waals surface area contributed by atoms with E-state index in [9.17, 15) is 4.79 Å². The van der Waals surface area contributed by atoms with Crippen LogP contribution in [0.15, 0.2) is 42.5 Å². The smallest absolute Gasteiger partial charge is 0.224 e. The van der Waals surface area contributed by atoms with Gasteiger partial charge in [-0.15, -0.1) is 0 Å². The fourth-order valence-corrected chi connectivity index (χ4v) is 2.54. The number of methoxy groups -OCH3 is 3. The van der Waals surface area contributed by atoms with E-state index in [0.29, 0.717) is 17.2 Å². The zero-order valence-corrected chi connectivity index (χ0v) is 14.5. The van der Waals surface area contributed by atoms with E-state index in [1.54, 1.807) is 33.5 Å². The number of nitrogens with one attached hydrogen (secondary N) is 1. The van der Waals surface area contributed by atoms with Crippen molar-refractivity contribution in [2.24, 2.45) is 0 Å². The first-order valence-electron chi connectivity index (χ1n) is 7.72. The molecule has 24 heavy (non-hydrogen) atoms. The number of carbonyl (C=O) groups is 1. The van der Waals surface area contributed by atoms with Gasteiger partial charge in [0.25, 0.3) is 0 Å². The maximum atomic E-state index is 12.3. The maximum absolute atomic E-state index is 12.3. The highest BCUT2D eigenvalue weighted by molar-refractivity contribution is 5.79. The molecule has 0 saturated carbocycles. The van der Waals surface area contributed by atoms with Gasteiger partial charge in [0.05, 0.1) is 33.8 Å². The molecule has 0 fully saturated rings. The Kier molecular flexibility index (Phi) is 6.07. The molecule has 0 bridgehead atoms. The molecule has 1 N–H and O–H groups in total. The minimum Gasteiger partial charge on any atom is -0.493 e. The van der Waals surface area contributed by atoms with E-state index in [4.69, 9.17) is 14.2 Å². The van der Waals surface area contributed by atoms with Gasteiger partial charge in [-0.05, 0) is 30.2 Å². The van der Waals surface area contributed by atoms with Gasteiger partial charge in [-0.2, -0.15) is 0 Å². The van der Waals surface area contributed by atoms with Crippen molar-refractivity contribution in [3.8, 4) is 17.2 Å². The predicted octanol–water partition coefficient (Wildman–Crippen LogP) is 3.13. The van der Waals surface area contributed by atoms with Crippen LogP contribution in [0.5, 0.6) is 17.2 Å². The standard InChI is InChI=1S/C19H23NO4/c1-13(15-8-6-5-7-9-15)20-18(21)12-14-10-16(22-2)19(24-4)17(11-14)23-3/h5-11,13H,12H2,1-4H3,(H,20,21)/t13-/m0/s1. The van der Waals surface area contributed by atoms with Crippen LogP contribution in [-0.4, -0.2) is 27.2 Å². The second-order valence-electron chi connectivity index (χ2n) is 5.41. The fraction of sp³-hybridized carbons (Fsp3) is 0.316. The SMILES string of the molecule is COc1cc(CC(=O)N[C@@H](C)c2ccccc2)cc(OC)c1OC. The molecule has 2 aromatic rings. The first kappa shape index (κ1) is 17.7. The lowest BCUT2D eigenvalue weighted by Crippen LogP contribution is -2.28. The van der Waals surface area contributed by atoms with E-state index >= 15 is 0 Å². The molecule has 1 atom stereocenters. The molecule has 0 heterocycles. The lowest BCUT2D eigenvalue weighted by Gasteiger charge is -2.16. The van der Waals surface area contributed by atoms with Crippen LogP contribution in [-0.2, 0) is 11.2 Å². The van der Waals surface area contributed by atoms with Gasteiger partial charge in [0, 0.05) is 0 Å². The molecule has 0 radical (unpaired) electrons. The average molecular weight is 329 g/mol. The first-order valence-corrected chi connectivity index (χ1v) is 7.72. The van der Waals surface area contributed by atoms with E-state index < -0.39 is 0 Å². The molecule has 0 aromatic heterocycles. The fourth-order valence-electron chi connectivity index (χ4n) is 2.54. The van der Waals surface area contributed by atoms with Gasteiger partial charge in [0.1, 0.15) is 0 Å². The molecular weight excluding hydrogens is 306 g/mol. The maximum Gasteiger partial charge on any atom is 0.224 e. The lowest BCUT2D eigenvalue weighted by atomic mass is 10.1. The van der Waals surface area contributed by atoms with Crippen molar-refractivity contribution in [3.05, 3.63) is 53.6 Å². The Hall–Kier alpha value is -2.69. The van der Waals surface area contributed by atoms with Crippen LogP contribution in [0, 0.1) is 0 Å². The van der Waals surface area contributed by atoms with Crippen LogP contribution in [0.1, 0.15) is 24.1 Å². The minimum atomic E-state index is -0.0689. The van der Waals surface area contributed by atoms with E-state index in [1.807, 2.05) is 37.3 Å². The Balaban J connectivity index is 2.11. The van der Waals surface area contributed by atoms with Crippen molar-refractivity contribution in [3.63, 3.8) is 0 Å². The van der Waals surface area contributed by atoms with E-state index in [0.717, 1.165) is 11.1 Å². The Morgan fingerprint density at radius 2 is 1.58 bits per heavy atom. The highest BCUT2D eigenvalue weighted by Gasteiger charge is 2.16. The predicted molar refractivity (Wildman–Crippen MR) is 92.8 cm³/mol. The topological polar surface area (TPSA) is 56.8 Å². The summed E-state index contributed by atoms with van der Waals surface area (Å²) in [5.41, 5.74) is 1.86. The van der Waals surface area contributed by atoms with Crippen molar-refractivity contribution in [1.29, 1.82) is 0 Å². The summed E-state index contributed by atoms with van der Waals surface area (Å²) in [5, 5.41) is 3.00. The summed E-state index contributed by atoms with van der Waals surface area (Å²) >= 11 is 0. The Labute approximate surface area is 142 Å². The second kappa shape index (κ2) is 8.24. The number of ether oxygens (including phenoxy) is 3. The van der Waals surface area contributed by atoms with Gasteiger partial charge in [-0.3, -0.25) is 4.79 Å². The average Bonchev–Trinajstić information content (AvgIpc) is 2.61. The van der Waals surface area contributed by atoms with Crippen LogP contribution in [0.4, 0.5) is 0 Å². The van der Waals surface area contributed by atoms with Gasteiger partial charge in [0.2, 0.25) is 11.7 Å². The third-order valence-corrected chi connectivity index (χ3v) is 3.77. The summed E-state index contributed by atoms with van der Waals surface area (Å²) < 4.78 is 15.9. The van der Waals surface area contributed by atoms with Crippen molar-refractivity contribution in [2.45, 2.75) is 19.4 Å². The molecule has 0 spiro atoms. The molecule has 0 aliphatic carbocycles. The highest BCUT2D eigenvalue weighted by atomic mass is 16.5. The number of carbonyl (C=O) groups excluding carboxylic acids is 1. The van der Waals surface area contributed by atoms with E-state index in [2.05, 4.69) is 5.32 Å². The number of hydrogen-bond donors (Lipinski definition) is 1. The Morgan fingerprint density at radius 3 is 2.08 bits per heavy atom. The third kappa shape index (κ3) is 4.19. The minimum absolute atomic E-state index is 0.0549. The van der Waals surface area contributed by atoms with Crippen molar-refractivity contribution in [1.82, 2.24) is 5.32 Å². The molecule has 2 aromatic carbocycles. The summed E-state index contributed by atoms with van der Waals surface area (Å²) in [4.78, 5) is 12.3. The third-order valence-electron chi connectivity index (χ3n) is 3.77. The summed E-state index contributed by atoms with van der Waals surface area (Å²) in [5.74, 6) is 1.52. The van der Waals surface area contributed by atoms with Crippen LogP contribution >= 0.6 is 0 Å². The number of rotatable bonds is 7. The quantitative estimate of drug-likeness (QED) is 0.848. The molecule has 5 heteroatoms. The van der Waals surface area contributed by atoms with Gasteiger partial charge in [-0.25, -0.2) is 0 Å². The van der Waals surface area contributed by atoms with Crippen LogP contribution < -0.4 is 19.5 Å². The Bertz CT molecular complexity index is 660. The number of benzene rings is 2. The molecule has 0 saturated heterocycles. The van der Waals surface area contributed by atoms with Crippen LogP contribution in [0.25, 0.3) is 0 Å². The van der Waals surface area contributed by atoms with Gasteiger partial charge < -0.3 is 19.5 Å². The summed E-state index contributed by atoms with van der Waals surface area (Å²) in [6.45, 7) is 1.96. The monoisotopic (exact) mass is 329 g/mol. The second-order valence-corrected chi connectivity index (χ2v) is 5.41. The molecule has 0 unspecified atom stereocenters. The summed E-state index contributed by atoms with van der Waals surface area (Å²) in [6, 6.07) is 13.4. The molecule has 5 nitrogen and oxygen atoms in total. The van der Waals surface area contributed by atoms with Gasteiger partial charge in [-0.1, -0.05) is 30.3 Å². The number of hydrogen-bond acceptors (Lipinski definition) is 4. The van der Waals surface area contributed by atoms with Gasteiger partial charge >= 0.3 is 0 Å². The largest absolute Gasteiger partial charge is 0.493 e. The zero-order valence-electron chi connectivity index (χ0n) is 14.5. The molecule has 0 aliphatic heterocycles. The van der Waals surface area contributed by atoms with Crippen molar-refractivity contribution >= 4 is 5.91 Å². The van der Waals surface area contributed by atoms with Crippen molar-refractivity contribution in [2.75, 3.05) is 21.3 Å². The van der Waals surface area contributed by atoms with Crippen LogP contribution in [0.3, 0.4) is 0 Å². The lowest BCUT2D eigenvalue weighted by molar-refractivity contribution is -0.121.